The zero-order valence-corrected chi connectivity index (χ0v) is 16.8. The molecule has 0 saturated carbocycles. The lowest BCUT2D eigenvalue weighted by Gasteiger charge is -2.22. The van der Waals surface area contributed by atoms with Crippen LogP contribution in [0.1, 0.15) is 28.9 Å². The Bertz CT molecular complexity index is 816. The minimum atomic E-state index is -3.56. The number of piperidine rings is 1. The van der Waals surface area contributed by atoms with Crippen molar-refractivity contribution in [1.82, 2.24) is 10.6 Å². The molecule has 1 amide bonds. The highest BCUT2D eigenvalue weighted by Gasteiger charge is 2.21. The Labute approximate surface area is 164 Å². The van der Waals surface area contributed by atoms with E-state index in [4.69, 9.17) is 0 Å². The number of hydrogen-bond donors (Lipinski definition) is 2. The van der Waals surface area contributed by atoms with Crippen LogP contribution in [-0.2, 0) is 9.84 Å². The quantitative estimate of drug-likeness (QED) is 0.761. The Morgan fingerprint density at radius 3 is 2.65 bits per heavy atom. The largest absolute Gasteiger partial charge is 0.351 e. The van der Waals surface area contributed by atoms with E-state index in [0.29, 0.717) is 17.3 Å². The van der Waals surface area contributed by atoms with Gasteiger partial charge >= 0.3 is 0 Å². The summed E-state index contributed by atoms with van der Waals surface area (Å²) in [5.41, 5.74) is 0. The van der Waals surface area contributed by atoms with Gasteiger partial charge in [0.2, 0.25) is 9.84 Å². The van der Waals surface area contributed by atoms with Crippen molar-refractivity contribution in [3.8, 4) is 0 Å². The molecule has 1 fully saturated rings. The van der Waals surface area contributed by atoms with Crippen LogP contribution in [0.25, 0.3) is 0 Å². The summed E-state index contributed by atoms with van der Waals surface area (Å²) in [5, 5.41) is 6.26. The maximum atomic E-state index is 12.6. The van der Waals surface area contributed by atoms with Crippen molar-refractivity contribution in [2.24, 2.45) is 5.92 Å². The van der Waals surface area contributed by atoms with Gasteiger partial charge < -0.3 is 10.6 Å². The molecule has 1 aromatic heterocycles. The van der Waals surface area contributed by atoms with Crippen molar-refractivity contribution in [2.45, 2.75) is 28.4 Å². The average Bonchev–Trinajstić information content (AvgIpc) is 3.14. The van der Waals surface area contributed by atoms with Crippen LogP contribution in [0.4, 0.5) is 0 Å². The Balaban J connectivity index is 0.00000243. The molecule has 0 bridgehead atoms. The lowest BCUT2D eigenvalue weighted by Crippen LogP contribution is -2.33. The van der Waals surface area contributed by atoms with E-state index in [1.807, 2.05) is 0 Å². The summed E-state index contributed by atoms with van der Waals surface area (Å²) in [4.78, 5) is 12.9. The second-order valence-electron chi connectivity index (χ2n) is 6.19. The van der Waals surface area contributed by atoms with Crippen molar-refractivity contribution in [2.75, 3.05) is 19.6 Å². The van der Waals surface area contributed by atoms with Crippen LogP contribution in [0.5, 0.6) is 0 Å². The molecule has 1 aromatic carbocycles. The van der Waals surface area contributed by atoms with E-state index < -0.39 is 9.84 Å². The molecule has 142 valence electrons. The number of nitrogens with one attached hydrogen (secondary N) is 2. The molecule has 2 aromatic rings. The molecule has 0 aliphatic carbocycles. The number of thiophene rings is 1. The molecular formula is C18H23ClN2O3S2. The maximum absolute atomic E-state index is 12.6. The first kappa shape index (κ1) is 20.9. The first-order chi connectivity index (χ1) is 12.1. The fourth-order valence-corrected chi connectivity index (χ4v) is 5.60. The molecule has 2 N–H and O–H groups in total. The fraction of sp³-hybridized carbons (Fsp3) is 0.389. The minimum absolute atomic E-state index is 0. The molecule has 1 aliphatic heterocycles. The van der Waals surface area contributed by atoms with Crippen LogP contribution in [0, 0.1) is 5.92 Å². The van der Waals surface area contributed by atoms with Crippen LogP contribution in [0.3, 0.4) is 0 Å². The summed E-state index contributed by atoms with van der Waals surface area (Å²) in [6.07, 6.45) is 3.32. The van der Waals surface area contributed by atoms with E-state index in [1.54, 1.807) is 36.4 Å². The van der Waals surface area contributed by atoms with Crippen molar-refractivity contribution < 1.29 is 13.2 Å². The van der Waals surface area contributed by atoms with Crippen LogP contribution in [-0.4, -0.2) is 34.0 Å². The lowest BCUT2D eigenvalue weighted by atomic mass is 9.96. The molecule has 1 aliphatic rings. The number of hydrogen-bond acceptors (Lipinski definition) is 5. The first-order valence-corrected chi connectivity index (χ1v) is 10.8. The monoisotopic (exact) mass is 414 g/mol. The van der Waals surface area contributed by atoms with Gasteiger partial charge in [-0.2, -0.15) is 0 Å². The Morgan fingerprint density at radius 1 is 1.19 bits per heavy atom. The Morgan fingerprint density at radius 2 is 1.96 bits per heavy atom. The van der Waals surface area contributed by atoms with Crippen molar-refractivity contribution in [3.63, 3.8) is 0 Å². The Kier molecular flexibility index (Phi) is 7.64. The normalized spacial score (nSPS) is 17.3. The minimum Gasteiger partial charge on any atom is -0.351 e. The molecule has 1 atom stereocenters. The van der Waals surface area contributed by atoms with Crippen molar-refractivity contribution in [3.05, 3.63) is 47.3 Å². The summed E-state index contributed by atoms with van der Waals surface area (Å²) in [6.45, 7) is 2.70. The molecule has 3 rings (SSSR count). The first-order valence-electron chi connectivity index (χ1n) is 8.46. The van der Waals surface area contributed by atoms with Gasteiger partial charge in [-0.1, -0.05) is 18.2 Å². The maximum Gasteiger partial charge on any atom is 0.261 e. The van der Waals surface area contributed by atoms with E-state index in [1.165, 1.54) is 18.9 Å². The third-order valence-corrected chi connectivity index (χ3v) is 7.71. The van der Waals surface area contributed by atoms with Gasteiger partial charge in [0.1, 0.15) is 4.21 Å². The zero-order valence-electron chi connectivity index (χ0n) is 14.3. The second kappa shape index (κ2) is 9.50. The van der Waals surface area contributed by atoms with Crippen LogP contribution < -0.4 is 10.6 Å². The predicted molar refractivity (Wildman–Crippen MR) is 106 cm³/mol. The van der Waals surface area contributed by atoms with Crippen LogP contribution >= 0.6 is 23.7 Å². The second-order valence-corrected chi connectivity index (χ2v) is 9.45. The fourth-order valence-electron chi connectivity index (χ4n) is 2.95. The van der Waals surface area contributed by atoms with Gasteiger partial charge in [0.15, 0.2) is 0 Å². The number of benzene rings is 1. The smallest absolute Gasteiger partial charge is 0.261 e. The van der Waals surface area contributed by atoms with Gasteiger partial charge in [-0.25, -0.2) is 8.42 Å². The van der Waals surface area contributed by atoms with Crippen LogP contribution in [0.15, 0.2) is 51.6 Å². The summed E-state index contributed by atoms with van der Waals surface area (Å²) in [7, 11) is -3.56. The lowest BCUT2D eigenvalue weighted by molar-refractivity contribution is 0.0954. The van der Waals surface area contributed by atoms with E-state index >= 15 is 0 Å². The standard InChI is InChI=1S/C18H22N2O3S2.ClH/c21-18(20-12-10-14-5-4-11-19-13-14)16-8-9-17(24-16)25(22,23)15-6-2-1-3-7-15;/h1-3,6-9,14,19H,4-5,10-13H2,(H,20,21);1H. The summed E-state index contributed by atoms with van der Waals surface area (Å²) in [6, 6.07) is 11.4. The van der Waals surface area contributed by atoms with Crippen LogP contribution in [0.2, 0.25) is 0 Å². The highest BCUT2D eigenvalue weighted by atomic mass is 35.5. The molecule has 26 heavy (non-hydrogen) atoms. The SMILES string of the molecule is Cl.O=C(NCCC1CCCNC1)c1ccc(S(=O)(=O)c2ccccc2)s1. The molecule has 0 spiro atoms. The van der Waals surface area contributed by atoms with E-state index in [9.17, 15) is 13.2 Å². The Hall–Kier alpha value is -1.41. The summed E-state index contributed by atoms with van der Waals surface area (Å²) < 4.78 is 25.3. The third kappa shape index (κ3) is 5.07. The highest BCUT2D eigenvalue weighted by molar-refractivity contribution is 7.93. The molecule has 1 saturated heterocycles. The van der Waals surface area contributed by atoms with Gasteiger partial charge in [0, 0.05) is 6.54 Å². The summed E-state index contributed by atoms with van der Waals surface area (Å²) in [5.74, 6) is 0.398. The topological polar surface area (TPSA) is 75.3 Å². The van der Waals surface area contributed by atoms with Gasteiger partial charge in [-0.3, -0.25) is 4.79 Å². The van der Waals surface area contributed by atoms with Crippen molar-refractivity contribution >= 4 is 39.5 Å². The number of amides is 1. The molecule has 2 heterocycles. The third-order valence-electron chi connectivity index (χ3n) is 4.36. The number of sulfone groups is 1. The average molecular weight is 415 g/mol. The molecule has 0 radical (unpaired) electrons. The molecule has 1 unspecified atom stereocenters. The number of carbonyl (C=O) groups is 1. The van der Waals surface area contributed by atoms with Gasteiger partial charge in [-0.15, -0.1) is 23.7 Å². The number of halogens is 1. The highest BCUT2D eigenvalue weighted by Crippen LogP contribution is 2.27. The molecule has 8 heteroatoms. The van der Waals surface area contributed by atoms with Crippen molar-refractivity contribution in [1.29, 1.82) is 0 Å². The van der Waals surface area contributed by atoms with Gasteiger partial charge in [0.25, 0.3) is 5.91 Å². The van der Waals surface area contributed by atoms with E-state index in [0.717, 1.165) is 30.8 Å². The van der Waals surface area contributed by atoms with E-state index in [-0.39, 0.29) is 27.4 Å². The van der Waals surface area contributed by atoms with Gasteiger partial charge in [-0.05, 0) is 62.5 Å². The number of carbonyl (C=O) groups excluding carboxylic acids is 1. The predicted octanol–water partition coefficient (Wildman–Crippen LogP) is 3.12. The van der Waals surface area contributed by atoms with E-state index in [2.05, 4.69) is 10.6 Å². The van der Waals surface area contributed by atoms with Gasteiger partial charge in [0.05, 0.1) is 9.77 Å². The number of rotatable bonds is 6. The summed E-state index contributed by atoms with van der Waals surface area (Å²) >= 11 is 1.02. The molecule has 5 nitrogen and oxygen atoms in total. The zero-order chi connectivity index (χ0) is 17.7. The molecular weight excluding hydrogens is 392 g/mol.